The molecule has 3 aliphatic carbocycles. The van der Waals surface area contributed by atoms with Gasteiger partial charge < -0.3 is 87.9 Å². The highest BCUT2D eigenvalue weighted by Crippen LogP contribution is 2.49. The minimum atomic E-state index is -1.42. The summed E-state index contributed by atoms with van der Waals surface area (Å²) in [5.74, 6) is -5.05. The summed E-state index contributed by atoms with van der Waals surface area (Å²) in [7, 11) is 0. The van der Waals surface area contributed by atoms with Crippen molar-refractivity contribution in [3.63, 3.8) is 0 Å². The van der Waals surface area contributed by atoms with Gasteiger partial charge in [0, 0.05) is 219 Å². The van der Waals surface area contributed by atoms with Crippen molar-refractivity contribution < 1.29 is 76.6 Å². The van der Waals surface area contributed by atoms with Crippen LogP contribution in [0.3, 0.4) is 0 Å². The Kier molecular flexibility index (Phi) is 35.7. The fourth-order valence-corrected chi connectivity index (χ4v) is 19.3. The summed E-state index contributed by atoms with van der Waals surface area (Å²) < 4.78 is 57.3. The predicted molar refractivity (Wildman–Crippen MR) is 543 cm³/mol. The molecule has 35 nitrogen and oxygen atoms in total. The fraction of sp³-hybridized carbons (Fsp3) is 0.538. The van der Waals surface area contributed by atoms with Gasteiger partial charge in [-0.1, -0.05) is 69.3 Å². The van der Waals surface area contributed by atoms with E-state index in [0.717, 1.165) is 228 Å². The molecule has 18 rings (SSSR count). The number of carboxylic acids is 3. The second kappa shape index (κ2) is 48.0. The van der Waals surface area contributed by atoms with Gasteiger partial charge in [0.2, 0.25) is 17.7 Å². The van der Waals surface area contributed by atoms with Crippen LogP contribution in [0.25, 0.3) is 55.4 Å². The second-order valence-electron chi connectivity index (χ2n) is 39.5. The standard InChI is InChI=1S/C40H51FN8O3.C24H32FN3O2.C21H29N5O4.C16H25N5O.C5H6O4/c1-4-35-32(36(46-30-11-17-52-18-12-30)33-23-45-49(5-2)37(33)47-35)22-44-39(51)40(13-14-40)38(50)43-21-27-9-10-34(41)31(20-27)29-8-6-7-28(19-29)25-48-16-15-42-26(3)24-48;1-17-15-27(10-11-28(17)23(29)30-24(2,3)4)16-19-6-5-7-20(12-19)21-13-18(14-26)8-9-22(21)25;1-3-16-14(11-22-19(27)21(7-8-21)20(28)29)17(24-13-5-9-30-10-6-13)15-12-23-26(4-2)18(15)25-16;1-3-14-12(9-17)15(19-11-5-7-22-8-6-11)13-10-18-21(4-2)16(13)20-14;6-3(7)5(1-2-5)4(8)9/h6-10,19-20,23,26,30,42H,4-5,11-18,21-22,24-25H2,1-3H3,(H,43,50)(H,44,51)(H,46,47);5-9,12-13,17H,10-11,14-16,26H2,1-4H3;12-13H,3-11H2,1-2H3,(H,22,27)(H,24,25)(H,28,29);10-11H,3-9,17H2,1-2H3,(H,19,20);1-2H2,(H,6,7)(H,8,9)/t26-;17-;;;/m00.../s1. The van der Waals surface area contributed by atoms with E-state index in [1.165, 1.54) is 12.1 Å². The summed E-state index contributed by atoms with van der Waals surface area (Å²) in [5, 5.41) is 66.0. The number of hydrogen-bond donors (Lipinski definition) is 12. The van der Waals surface area contributed by atoms with Crippen LogP contribution < -0.4 is 48.7 Å². The van der Waals surface area contributed by atoms with Gasteiger partial charge in [-0.25, -0.2) is 42.6 Å². The molecule has 143 heavy (non-hydrogen) atoms. The summed E-state index contributed by atoms with van der Waals surface area (Å²) >= 11 is 0. The molecule has 6 aromatic heterocycles. The van der Waals surface area contributed by atoms with Crippen LogP contribution in [0, 0.1) is 27.9 Å². The van der Waals surface area contributed by atoms with Crippen LogP contribution in [0.5, 0.6) is 0 Å². The number of halogens is 2. The molecule has 10 aromatic rings. The quantitative estimate of drug-likeness (QED) is 0.0174. The van der Waals surface area contributed by atoms with Crippen LogP contribution in [-0.4, -0.2) is 231 Å². The number of carboxylic acid groups (broad SMARTS) is 3. The van der Waals surface area contributed by atoms with Crippen molar-refractivity contribution in [1.29, 1.82) is 0 Å². The molecule has 770 valence electrons. The number of amides is 4. The van der Waals surface area contributed by atoms with Crippen molar-refractivity contribution in [2.75, 3.05) is 94.9 Å². The molecule has 0 bridgehead atoms. The van der Waals surface area contributed by atoms with Gasteiger partial charge in [0.1, 0.15) is 28.1 Å². The number of rotatable bonds is 32. The molecule has 11 heterocycles. The molecule has 14 N–H and O–H groups in total. The maximum atomic E-state index is 15.2. The van der Waals surface area contributed by atoms with Crippen LogP contribution in [-0.2, 0) is 132 Å². The Morgan fingerprint density at radius 1 is 0.476 bits per heavy atom. The van der Waals surface area contributed by atoms with E-state index < -0.39 is 45.7 Å². The van der Waals surface area contributed by atoms with E-state index in [9.17, 15) is 43.1 Å². The van der Waals surface area contributed by atoms with Gasteiger partial charge in [-0.15, -0.1) is 0 Å². The number of nitrogens with one attached hydrogen (secondary N) is 7. The molecule has 4 aromatic carbocycles. The molecular weight excluding hydrogens is 1830 g/mol. The molecule has 0 unspecified atom stereocenters. The third kappa shape index (κ3) is 25.8. The number of fused-ring (bicyclic) bond motifs is 3. The zero-order valence-corrected chi connectivity index (χ0v) is 84.5. The number of ether oxygens (including phenoxy) is 4. The first kappa shape index (κ1) is 107. The molecule has 0 spiro atoms. The third-order valence-electron chi connectivity index (χ3n) is 28.2. The van der Waals surface area contributed by atoms with Crippen LogP contribution >= 0.6 is 0 Å². The fourth-order valence-electron chi connectivity index (χ4n) is 19.3. The molecule has 3 saturated carbocycles. The molecular formula is C106H143F2N21O14. The Balaban J connectivity index is 0.000000154. The van der Waals surface area contributed by atoms with Gasteiger partial charge in [-0.2, -0.15) is 15.3 Å². The molecule has 5 saturated heterocycles. The first-order valence-electron chi connectivity index (χ1n) is 50.8. The van der Waals surface area contributed by atoms with Gasteiger partial charge in [0.05, 0.1) is 51.8 Å². The molecule has 8 aliphatic rings. The van der Waals surface area contributed by atoms with Crippen molar-refractivity contribution >= 4 is 91.9 Å². The number of nitrogens with two attached hydrogens (primary N) is 2. The SMILES string of the molecule is CCc1nc2c(cnn2CC)c(NC2CCOCC2)c1CN.CCc1nc2c(cnn2CC)c(NC2CCOCC2)c1CNC(=O)C1(C(=O)NCc2ccc(F)c(-c3cccc(CN4CCN[C@@H](C)C4)c3)c2)CC1.CCc1nc2c(cnn2CC)c(NC2CCOCC2)c1CNC(=O)C1(C(=O)O)CC1.C[C@H]1CN(Cc2cccc(-c3cc(CN)ccc3F)c2)CCN1C(=O)OC(C)(C)C.O=C(O)C1(C(=O)O)CC1. The minimum absolute atomic E-state index is 0.0652. The molecule has 4 amide bonds. The van der Waals surface area contributed by atoms with E-state index in [1.807, 2.05) is 118 Å². The molecule has 5 aliphatic heterocycles. The lowest BCUT2D eigenvalue weighted by Gasteiger charge is -2.40. The molecule has 8 fully saturated rings. The Hall–Kier alpha value is -12.2. The minimum Gasteiger partial charge on any atom is -0.480 e. The number of aromatic nitrogens is 9. The van der Waals surface area contributed by atoms with E-state index in [1.54, 1.807) is 23.1 Å². The Bertz CT molecular complexity index is 6130. The zero-order chi connectivity index (χ0) is 102. The monoisotopic (exact) mass is 1970 g/mol. The number of piperazine rings is 2. The highest BCUT2D eigenvalue weighted by atomic mass is 19.1. The molecule has 37 heteroatoms. The average molecular weight is 1970 g/mol. The number of aryl methyl sites for hydroxylation is 6. The highest BCUT2D eigenvalue weighted by Gasteiger charge is 2.59. The third-order valence-corrected chi connectivity index (χ3v) is 28.2. The van der Waals surface area contributed by atoms with Crippen LogP contribution in [0.2, 0.25) is 0 Å². The molecule has 2 atom stereocenters. The number of aliphatic carboxylic acids is 3. The van der Waals surface area contributed by atoms with Gasteiger partial charge in [-0.3, -0.25) is 38.6 Å². The van der Waals surface area contributed by atoms with Crippen molar-refractivity contribution in [2.24, 2.45) is 27.7 Å². The van der Waals surface area contributed by atoms with E-state index in [0.29, 0.717) is 121 Å². The average Bonchev–Trinajstić information content (AvgIpc) is 1.61. The number of hydrogen-bond acceptors (Lipinski definition) is 25. The van der Waals surface area contributed by atoms with Crippen molar-refractivity contribution in [3.8, 4) is 22.3 Å². The summed E-state index contributed by atoms with van der Waals surface area (Å²) in [6.07, 6.45) is 15.5. The maximum absolute atomic E-state index is 15.2. The largest absolute Gasteiger partial charge is 0.480 e. The summed E-state index contributed by atoms with van der Waals surface area (Å²) in [5.41, 5.74) is 25.5. The van der Waals surface area contributed by atoms with Crippen molar-refractivity contribution in [3.05, 3.63) is 171 Å². The van der Waals surface area contributed by atoms with Gasteiger partial charge in [0.15, 0.2) is 22.4 Å². The topological polar surface area (TPSA) is 455 Å². The Morgan fingerprint density at radius 2 is 0.867 bits per heavy atom. The van der Waals surface area contributed by atoms with Crippen LogP contribution in [0.4, 0.5) is 30.6 Å². The number of pyridine rings is 3. The van der Waals surface area contributed by atoms with Crippen LogP contribution in [0.1, 0.15) is 209 Å². The maximum Gasteiger partial charge on any atom is 0.410 e. The lowest BCUT2D eigenvalue weighted by atomic mass is 9.99. The second-order valence-corrected chi connectivity index (χ2v) is 39.5. The number of nitrogens with zero attached hydrogens (tertiary/aromatic N) is 12. The number of benzene rings is 4. The molecule has 0 radical (unpaired) electrons. The predicted octanol–water partition coefficient (Wildman–Crippen LogP) is 13.4. The summed E-state index contributed by atoms with van der Waals surface area (Å²) in [4.78, 5) is 105. The smallest absolute Gasteiger partial charge is 0.410 e. The first-order chi connectivity index (χ1) is 68.8. The van der Waals surface area contributed by atoms with Gasteiger partial charge in [0.25, 0.3) is 0 Å². The van der Waals surface area contributed by atoms with Crippen molar-refractivity contribution in [2.45, 2.75) is 274 Å². The van der Waals surface area contributed by atoms with E-state index in [4.69, 9.17) is 55.6 Å². The zero-order valence-electron chi connectivity index (χ0n) is 84.5. The number of carbonyl (C=O) groups is 7. The highest BCUT2D eigenvalue weighted by molar-refractivity contribution is 6.08. The van der Waals surface area contributed by atoms with Gasteiger partial charge >= 0.3 is 24.0 Å². The Morgan fingerprint density at radius 3 is 1.24 bits per heavy atom. The Labute approximate surface area is 834 Å². The lowest BCUT2D eigenvalue weighted by Crippen LogP contribution is -2.54. The normalized spacial score (nSPS) is 18.3. The number of anilines is 3. The van der Waals surface area contributed by atoms with E-state index in [-0.39, 0.29) is 80.1 Å². The summed E-state index contributed by atoms with van der Waals surface area (Å²) in [6.45, 7) is 37.1. The van der Waals surface area contributed by atoms with Gasteiger partial charge in [-0.05, 0) is 221 Å². The first-order valence-corrected chi connectivity index (χ1v) is 50.8. The lowest BCUT2D eigenvalue weighted by molar-refractivity contribution is -0.157. The van der Waals surface area contributed by atoms with E-state index >= 15 is 4.39 Å². The number of carbonyl (C=O) groups excluding carboxylic acids is 4. The van der Waals surface area contributed by atoms with E-state index in [2.05, 4.69) is 108 Å². The van der Waals surface area contributed by atoms with Crippen molar-refractivity contribution in [1.82, 2.24) is 80.3 Å². The van der Waals surface area contributed by atoms with Crippen LogP contribution in [0.15, 0.2) is 104 Å². The summed E-state index contributed by atoms with van der Waals surface area (Å²) in [6, 6.07) is 27.4.